The molecule has 9 heteroatoms. The van der Waals surface area contributed by atoms with Crippen LogP contribution in [0.1, 0.15) is 38.5 Å². The lowest BCUT2D eigenvalue weighted by Gasteiger charge is -2.28. The Kier molecular flexibility index (Phi) is 7.17. The van der Waals surface area contributed by atoms with E-state index in [4.69, 9.17) is 21.9 Å². The van der Waals surface area contributed by atoms with E-state index in [1.807, 2.05) is 0 Å². The van der Waals surface area contributed by atoms with Crippen molar-refractivity contribution in [1.82, 2.24) is 9.97 Å². The topological polar surface area (TPSA) is 142 Å². The highest BCUT2D eigenvalue weighted by molar-refractivity contribution is 5.76. The van der Waals surface area contributed by atoms with Crippen molar-refractivity contribution in [3.8, 4) is 0 Å². The first-order valence-electron chi connectivity index (χ1n) is 8.61. The van der Waals surface area contributed by atoms with E-state index in [1.165, 1.54) is 6.20 Å². The molecule has 2 aliphatic rings. The molecule has 0 radical (unpaired) electrons. The molecule has 8 nitrogen and oxygen atoms in total. The van der Waals surface area contributed by atoms with E-state index in [0.717, 1.165) is 38.7 Å². The maximum Gasteiger partial charge on any atom is 0.222 e. The van der Waals surface area contributed by atoms with Gasteiger partial charge in [0, 0.05) is 18.6 Å². The molecular weight excluding hydrogens is 327 g/mol. The van der Waals surface area contributed by atoms with Gasteiger partial charge in [0.25, 0.3) is 0 Å². The lowest BCUT2D eigenvalue weighted by Crippen LogP contribution is -2.32. The number of amides is 1. The SMILES string of the molecule is FC1CCCOC1.NC(=O)C1CCC(Nc2nc(N)ncc2N)CC1. The fraction of sp³-hybridized carbons (Fsp3) is 0.688. The van der Waals surface area contributed by atoms with Gasteiger partial charge >= 0.3 is 0 Å². The summed E-state index contributed by atoms with van der Waals surface area (Å²) in [6.07, 6.45) is 5.73. The van der Waals surface area contributed by atoms with Gasteiger partial charge in [-0.1, -0.05) is 0 Å². The van der Waals surface area contributed by atoms with Crippen LogP contribution in [0.25, 0.3) is 0 Å². The van der Waals surface area contributed by atoms with Gasteiger partial charge in [-0.05, 0) is 38.5 Å². The molecule has 0 spiro atoms. The Bertz CT molecular complexity index is 560. The summed E-state index contributed by atoms with van der Waals surface area (Å²) in [5.41, 5.74) is 17.0. The second-order valence-corrected chi connectivity index (χ2v) is 6.44. The first kappa shape index (κ1) is 19.2. The molecule has 1 aliphatic heterocycles. The first-order valence-corrected chi connectivity index (χ1v) is 8.61. The number of hydrogen-bond donors (Lipinski definition) is 4. The number of carbonyl (C=O) groups excluding carboxylic acids is 1. The molecule has 2 fully saturated rings. The summed E-state index contributed by atoms with van der Waals surface area (Å²) in [6.45, 7) is 1.07. The van der Waals surface area contributed by atoms with Gasteiger partial charge in [-0.15, -0.1) is 0 Å². The fourth-order valence-electron chi connectivity index (χ4n) is 2.94. The predicted octanol–water partition coefficient (Wildman–Crippen LogP) is 1.23. The van der Waals surface area contributed by atoms with Crippen LogP contribution in [0.5, 0.6) is 0 Å². The van der Waals surface area contributed by atoms with Crippen LogP contribution >= 0.6 is 0 Å². The zero-order valence-corrected chi connectivity index (χ0v) is 14.3. The smallest absolute Gasteiger partial charge is 0.222 e. The maximum atomic E-state index is 12.1. The zero-order chi connectivity index (χ0) is 18.2. The lowest BCUT2D eigenvalue weighted by molar-refractivity contribution is -0.122. The monoisotopic (exact) mass is 354 g/mol. The highest BCUT2D eigenvalue weighted by Gasteiger charge is 2.25. The van der Waals surface area contributed by atoms with Crippen molar-refractivity contribution in [2.45, 2.75) is 50.7 Å². The molecule has 1 aliphatic carbocycles. The van der Waals surface area contributed by atoms with E-state index < -0.39 is 6.17 Å². The van der Waals surface area contributed by atoms with E-state index in [0.29, 0.717) is 24.5 Å². The zero-order valence-electron chi connectivity index (χ0n) is 14.3. The number of anilines is 3. The van der Waals surface area contributed by atoms with E-state index in [2.05, 4.69) is 15.3 Å². The molecule has 1 saturated carbocycles. The molecule has 0 bridgehead atoms. The first-order chi connectivity index (χ1) is 12.0. The van der Waals surface area contributed by atoms with Crippen LogP contribution in [0, 0.1) is 5.92 Å². The number of nitrogens with one attached hydrogen (secondary N) is 1. The van der Waals surface area contributed by atoms with Crippen LogP contribution < -0.4 is 22.5 Å². The molecule has 0 aromatic carbocycles. The van der Waals surface area contributed by atoms with Gasteiger partial charge < -0.3 is 27.3 Å². The molecule has 25 heavy (non-hydrogen) atoms. The van der Waals surface area contributed by atoms with Crippen LogP contribution in [-0.2, 0) is 9.53 Å². The van der Waals surface area contributed by atoms with Crippen molar-refractivity contribution >= 4 is 23.4 Å². The van der Waals surface area contributed by atoms with Gasteiger partial charge in [-0.2, -0.15) is 4.98 Å². The van der Waals surface area contributed by atoms with Crippen LogP contribution in [0.3, 0.4) is 0 Å². The number of aromatic nitrogens is 2. The van der Waals surface area contributed by atoms with Gasteiger partial charge in [0.1, 0.15) is 6.17 Å². The molecule has 1 aromatic rings. The van der Waals surface area contributed by atoms with E-state index in [-0.39, 0.29) is 23.8 Å². The number of primary amides is 1. The number of rotatable bonds is 3. The summed E-state index contributed by atoms with van der Waals surface area (Å²) in [7, 11) is 0. The Hall–Kier alpha value is -2.16. The number of alkyl halides is 1. The van der Waals surface area contributed by atoms with Crippen LogP contribution in [-0.4, -0.2) is 41.3 Å². The third kappa shape index (κ3) is 6.33. The van der Waals surface area contributed by atoms with Crippen molar-refractivity contribution in [3.63, 3.8) is 0 Å². The lowest BCUT2D eigenvalue weighted by atomic mass is 9.85. The highest BCUT2D eigenvalue weighted by Crippen LogP contribution is 2.27. The average Bonchev–Trinajstić information content (AvgIpc) is 2.60. The Balaban J connectivity index is 0.000000269. The van der Waals surface area contributed by atoms with Crippen molar-refractivity contribution in [1.29, 1.82) is 0 Å². The third-order valence-electron chi connectivity index (χ3n) is 4.41. The number of carbonyl (C=O) groups is 1. The third-order valence-corrected chi connectivity index (χ3v) is 4.41. The van der Waals surface area contributed by atoms with Gasteiger partial charge in [-0.3, -0.25) is 4.79 Å². The summed E-state index contributed by atoms with van der Waals surface area (Å²) >= 11 is 0. The molecular formula is C16H27FN6O2. The second-order valence-electron chi connectivity index (χ2n) is 6.44. The molecule has 1 atom stereocenters. The maximum absolute atomic E-state index is 12.1. The van der Waals surface area contributed by atoms with E-state index in [1.54, 1.807) is 0 Å². The molecule has 1 unspecified atom stereocenters. The quantitative estimate of drug-likeness (QED) is 0.639. The largest absolute Gasteiger partial charge is 0.394 e. The summed E-state index contributed by atoms with van der Waals surface area (Å²) in [5, 5.41) is 3.24. The number of nitrogens with zero attached hydrogens (tertiary/aromatic N) is 2. The summed E-state index contributed by atoms with van der Waals surface area (Å²) < 4.78 is 16.9. The van der Waals surface area contributed by atoms with Crippen LogP contribution in [0.2, 0.25) is 0 Å². The van der Waals surface area contributed by atoms with Crippen molar-refractivity contribution < 1.29 is 13.9 Å². The number of halogens is 1. The van der Waals surface area contributed by atoms with E-state index in [9.17, 15) is 9.18 Å². The Morgan fingerprint density at radius 1 is 1.24 bits per heavy atom. The fourth-order valence-corrected chi connectivity index (χ4v) is 2.94. The normalized spacial score (nSPS) is 26.2. The molecule has 7 N–H and O–H groups in total. The van der Waals surface area contributed by atoms with Crippen LogP contribution in [0.4, 0.5) is 21.8 Å². The molecule has 140 valence electrons. The highest BCUT2D eigenvalue weighted by atomic mass is 19.1. The average molecular weight is 354 g/mol. The second kappa shape index (κ2) is 9.36. The van der Waals surface area contributed by atoms with Crippen molar-refractivity contribution in [2.75, 3.05) is 30.0 Å². The summed E-state index contributed by atoms with van der Waals surface area (Å²) in [6, 6.07) is 0.247. The number of nitrogens with two attached hydrogens (primary N) is 3. The standard InChI is InChI=1S/C11H18N6O.C5H9FO/c12-8-5-15-11(14)17-10(8)16-7-3-1-6(2-4-7)9(13)18;6-5-2-1-3-7-4-5/h5-7H,1-4,12H2,(H2,13,18)(H3,14,15,16,17);5H,1-4H2. The van der Waals surface area contributed by atoms with Crippen molar-refractivity contribution in [2.24, 2.45) is 11.7 Å². The molecule has 1 saturated heterocycles. The van der Waals surface area contributed by atoms with E-state index >= 15 is 0 Å². The Morgan fingerprint density at radius 3 is 2.48 bits per heavy atom. The van der Waals surface area contributed by atoms with Gasteiger partial charge in [0.05, 0.1) is 18.5 Å². The summed E-state index contributed by atoms with van der Waals surface area (Å²) in [4.78, 5) is 18.9. The van der Waals surface area contributed by atoms with Gasteiger partial charge in [0.2, 0.25) is 11.9 Å². The molecule has 2 heterocycles. The molecule has 1 amide bonds. The minimum Gasteiger partial charge on any atom is -0.394 e. The minimum atomic E-state index is -0.686. The number of ether oxygens (including phenoxy) is 1. The molecule has 1 aromatic heterocycles. The Morgan fingerprint density at radius 2 is 1.96 bits per heavy atom. The molecule has 3 rings (SSSR count). The Labute approximate surface area is 146 Å². The number of hydrogen-bond acceptors (Lipinski definition) is 7. The van der Waals surface area contributed by atoms with Crippen LogP contribution in [0.15, 0.2) is 6.20 Å². The van der Waals surface area contributed by atoms with Crippen molar-refractivity contribution in [3.05, 3.63) is 6.20 Å². The van der Waals surface area contributed by atoms with Gasteiger partial charge in [0.15, 0.2) is 5.82 Å². The predicted molar refractivity (Wildman–Crippen MR) is 94.4 cm³/mol. The number of nitrogen functional groups attached to an aromatic ring is 2. The summed E-state index contributed by atoms with van der Waals surface area (Å²) in [5.74, 6) is 0.539. The van der Waals surface area contributed by atoms with Gasteiger partial charge in [-0.25, -0.2) is 9.37 Å². The minimum absolute atomic E-state index is 0.00383.